The number of aromatic nitrogens is 2. The second-order valence-electron chi connectivity index (χ2n) is 6.31. The van der Waals surface area contributed by atoms with E-state index in [-0.39, 0.29) is 24.0 Å². The first kappa shape index (κ1) is 21.1. The lowest BCUT2D eigenvalue weighted by atomic mass is 10.1. The van der Waals surface area contributed by atoms with Gasteiger partial charge < -0.3 is 24.1 Å². The summed E-state index contributed by atoms with van der Waals surface area (Å²) >= 11 is 0. The van der Waals surface area contributed by atoms with Crippen molar-refractivity contribution in [1.82, 2.24) is 14.9 Å². The van der Waals surface area contributed by atoms with Crippen LogP contribution in [0.4, 0.5) is 8.78 Å². The minimum atomic E-state index is -2.94. The maximum absolute atomic E-state index is 12.4. The number of halogens is 2. The molecule has 0 aliphatic rings. The first-order chi connectivity index (χ1) is 14.5. The molecule has 0 saturated carbocycles. The molecule has 0 aliphatic heterocycles. The molecule has 0 aliphatic carbocycles. The molecule has 0 bridgehead atoms. The van der Waals surface area contributed by atoms with E-state index in [1.807, 2.05) is 17.8 Å². The number of nitrogens with one attached hydrogen (secondary N) is 1. The first-order valence-electron chi connectivity index (χ1n) is 9.05. The van der Waals surface area contributed by atoms with Crippen LogP contribution in [0, 0.1) is 0 Å². The zero-order valence-corrected chi connectivity index (χ0v) is 16.5. The summed E-state index contributed by atoms with van der Waals surface area (Å²) in [6, 6.07) is 11.2. The summed E-state index contributed by atoms with van der Waals surface area (Å²) in [5.74, 6) is 1.23. The van der Waals surface area contributed by atoms with Crippen molar-refractivity contribution in [2.75, 3.05) is 7.11 Å². The van der Waals surface area contributed by atoms with Gasteiger partial charge in [-0.2, -0.15) is 8.78 Å². The van der Waals surface area contributed by atoms with Crippen molar-refractivity contribution < 1.29 is 27.8 Å². The zero-order chi connectivity index (χ0) is 21.5. The molecule has 1 N–H and O–H groups in total. The van der Waals surface area contributed by atoms with Crippen LogP contribution in [0.25, 0.3) is 0 Å². The predicted molar refractivity (Wildman–Crippen MR) is 105 cm³/mol. The molecule has 158 valence electrons. The number of carbonyl (C=O) groups excluding carboxylic acids is 1. The van der Waals surface area contributed by atoms with Crippen molar-refractivity contribution in [3.8, 4) is 17.2 Å². The molecule has 30 heavy (non-hydrogen) atoms. The Labute approximate surface area is 172 Å². The Morgan fingerprint density at radius 3 is 2.57 bits per heavy atom. The number of hydrogen-bond donors (Lipinski definition) is 1. The average molecular weight is 417 g/mol. The van der Waals surface area contributed by atoms with Gasteiger partial charge in [0.1, 0.15) is 18.2 Å². The summed E-state index contributed by atoms with van der Waals surface area (Å²) in [4.78, 5) is 16.5. The van der Waals surface area contributed by atoms with Gasteiger partial charge in [0.05, 0.1) is 7.11 Å². The largest absolute Gasteiger partial charge is 0.493 e. The minimum absolute atomic E-state index is 0.0660. The van der Waals surface area contributed by atoms with Gasteiger partial charge in [0.15, 0.2) is 11.5 Å². The minimum Gasteiger partial charge on any atom is -0.493 e. The Morgan fingerprint density at radius 1 is 1.17 bits per heavy atom. The van der Waals surface area contributed by atoms with Crippen molar-refractivity contribution in [3.63, 3.8) is 0 Å². The number of hydrogen-bond acceptors (Lipinski definition) is 5. The van der Waals surface area contributed by atoms with E-state index in [0.29, 0.717) is 23.5 Å². The summed E-state index contributed by atoms with van der Waals surface area (Å²) in [5.41, 5.74) is 1.14. The molecule has 0 unspecified atom stereocenters. The monoisotopic (exact) mass is 417 g/mol. The van der Waals surface area contributed by atoms with Gasteiger partial charge in [0.25, 0.3) is 5.91 Å². The lowest BCUT2D eigenvalue weighted by Crippen LogP contribution is -2.22. The highest BCUT2D eigenvalue weighted by atomic mass is 19.3. The summed E-state index contributed by atoms with van der Waals surface area (Å²) < 4.78 is 41.8. The SMILES string of the molecule is COc1cc(CNC(=O)c2ccc(OCc3nccn3C)cc2)ccc1OC(F)F. The summed E-state index contributed by atoms with van der Waals surface area (Å²) in [7, 11) is 3.24. The van der Waals surface area contributed by atoms with E-state index in [1.165, 1.54) is 19.2 Å². The van der Waals surface area contributed by atoms with E-state index in [4.69, 9.17) is 9.47 Å². The number of benzene rings is 2. The number of ether oxygens (including phenoxy) is 3. The highest BCUT2D eigenvalue weighted by Crippen LogP contribution is 2.29. The molecule has 1 heterocycles. The summed E-state index contributed by atoms with van der Waals surface area (Å²) in [6.07, 6.45) is 3.53. The maximum Gasteiger partial charge on any atom is 0.387 e. The quantitative estimate of drug-likeness (QED) is 0.577. The fourth-order valence-electron chi connectivity index (χ4n) is 2.69. The zero-order valence-electron chi connectivity index (χ0n) is 16.5. The van der Waals surface area contributed by atoms with Gasteiger partial charge in [-0.3, -0.25) is 4.79 Å². The van der Waals surface area contributed by atoms with Gasteiger partial charge in [-0.25, -0.2) is 4.98 Å². The van der Waals surface area contributed by atoms with Crippen molar-refractivity contribution in [2.24, 2.45) is 7.05 Å². The molecule has 7 nitrogen and oxygen atoms in total. The van der Waals surface area contributed by atoms with Crippen LogP contribution in [0.5, 0.6) is 17.2 Å². The molecule has 0 fully saturated rings. The second kappa shape index (κ2) is 9.73. The van der Waals surface area contributed by atoms with Gasteiger partial charge in [-0.15, -0.1) is 0 Å². The molecule has 1 aromatic heterocycles. The second-order valence-corrected chi connectivity index (χ2v) is 6.31. The van der Waals surface area contributed by atoms with Crippen molar-refractivity contribution in [1.29, 1.82) is 0 Å². The molecular formula is C21H21F2N3O4. The number of nitrogens with zero attached hydrogens (tertiary/aromatic N) is 2. The molecule has 2 aromatic carbocycles. The molecule has 0 radical (unpaired) electrons. The Bertz CT molecular complexity index is 990. The molecule has 0 saturated heterocycles. The average Bonchev–Trinajstić information content (AvgIpc) is 3.16. The number of rotatable bonds is 9. The van der Waals surface area contributed by atoms with E-state index in [1.54, 1.807) is 36.5 Å². The van der Waals surface area contributed by atoms with Gasteiger partial charge in [-0.1, -0.05) is 6.07 Å². The highest BCUT2D eigenvalue weighted by molar-refractivity contribution is 5.94. The van der Waals surface area contributed by atoms with Gasteiger partial charge in [0.2, 0.25) is 0 Å². The normalized spacial score (nSPS) is 10.7. The number of imidazole rings is 1. The van der Waals surface area contributed by atoms with Crippen molar-refractivity contribution >= 4 is 5.91 Å². The van der Waals surface area contributed by atoms with Crippen LogP contribution in [0.1, 0.15) is 21.7 Å². The predicted octanol–water partition coefficient (Wildman–Crippen LogP) is 3.54. The molecule has 9 heteroatoms. The molecule has 3 aromatic rings. The molecule has 1 amide bonds. The fraction of sp³-hybridized carbons (Fsp3) is 0.238. The van der Waals surface area contributed by atoms with Crippen LogP contribution in [0.15, 0.2) is 54.9 Å². The van der Waals surface area contributed by atoms with E-state index >= 15 is 0 Å². The Balaban J connectivity index is 1.55. The Kier molecular flexibility index (Phi) is 6.84. The number of methoxy groups -OCH3 is 1. The van der Waals surface area contributed by atoms with Crippen LogP contribution >= 0.6 is 0 Å². The molecule has 0 atom stereocenters. The van der Waals surface area contributed by atoms with Gasteiger partial charge in [0, 0.05) is 31.5 Å². The topological polar surface area (TPSA) is 74.6 Å². The van der Waals surface area contributed by atoms with E-state index in [0.717, 1.165) is 5.82 Å². The van der Waals surface area contributed by atoms with Crippen LogP contribution in [-0.4, -0.2) is 29.2 Å². The third-order valence-corrected chi connectivity index (χ3v) is 4.30. The highest BCUT2D eigenvalue weighted by Gasteiger charge is 2.12. The standard InChI is InChI=1S/C21H21F2N3O4/c1-26-10-9-24-19(26)13-29-16-6-4-15(5-7-16)20(27)25-12-14-3-8-17(30-21(22)23)18(11-14)28-2/h3-11,21H,12-13H2,1-2H3,(H,25,27). The van der Waals surface area contributed by atoms with Crippen LogP contribution in [0.2, 0.25) is 0 Å². The van der Waals surface area contributed by atoms with Crippen LogP contribution < -0.4 is 19.5 Å². The summed E-state index contributed by atoms with van der Waals surface area (Å²) in [6.45, 7) is -2.43. The third-order valence-electron chi connectivity index (χ3n) is 4.30. The van der Waals surface area contributed by atoms with E-state index < -0.39 is 6.61 Å². The lowest BCUT2D eigenvalue weighted by molar-refractivity contribution is -0.0512. The van der Waals surface area contributed by atoms with E-state index in [9.17, 15) is 13.6 Å². The first-order valence-corrected chi connectivity index (χ1v) is 9.05. The smallest absolute Gasteiger partial charge is 0.387 e. The fourth-order valence-corrected chi connectivity index (χ4v) is 2.69. The number of alkyl halides is 2. The van der Waals surface area contributed by atoms with E-state index in [2.05, 4.69) is 15.0 Å². The summed E-state index contributed by atoms with van der Waals surface area (Å²) in [5, 5.41) is 2.77. The maximum atomic E-state index is 12.4. The van der Waals surface area contributed by atoms with Crippen molar-refractivity contribution in [2.45, 2.75) is 19.8 Å². The van der Waals surface area contributed by atoms with Crippen LogP contribution in [0.3, 0.4) is 0 Å². The Morgan fingerprint density at radius 2 is 1.93 bits per heavy atom. The number of aryl methyl sites for hydroxylation is 1. The van der Waals surface area contributed by atoms with Gasteiger partial charge >= 0.3 is 6.61 Å². The number of amides is 1. The molecule has 3 rings (SSSR count). The Hall–Kier alpha value is -3.62. The van der Waals surface area contributed by atoms with Crippen LogP contribution in [-0.2, 0) is 20.2 Å². The lowest BCUT2D eigenvalue weighted by Gasteiger charge is -2.12. The molecule has 0 spiro atoms. The number of carbonyl (C=O) groups is 1. The van der Waals surface area contributed by atoms with Crippen molar-refractivity contribution in [3.05, 3.63) is 71.8 Å². The molecular weight excluding hydrogens is 396 g/mol. The van der Waals surface area contributed by atoms with Gasteiger partial charge in [-0.05, 0) is 42.0 Å². The third kappa shape index (κ3) is 5.47.